The minimum Gasteiger partial charge on any atom is -0.472 e. The molecular formula is C8H5N3O. The lowest BCUT2D eigenvalue weighted by atomic mass is 10.1. The molecule has 0 bridgehead atoms. The van der Waals surface area contributed by atoms with Gasteiger partial charge < -0.3 is 10.2 Å². The quantitative estimate of drug-likeness (QED) is 0.619. The molecule has 0 aromatic carbocycles. The molecule has 1 aromatic heterocycles. The molecule has 0 amide bonds. The van der Waals surface area contributed by atoms with Crippen molar-refractivity contribution in [3.05, 3.63) is 29.7 Å². The molecule has 0 saturated heterocycles. The second-order valence-electron chi connectivity index (χ2n) is 2.02. The first-order valence-corrected chi connectivity index (χ1v) is 3.12. The molecule has 0 radical (unpaired) electrons. The molecule has 1 aromatic rings. The summed E-state index contributed by atoms with van der Waals surface area (Å²) < 4.78 is 4.74. The SMILES string of the molecule is N#CC(C#N)=C(N)c1ccoc1. The predicted molar refractivity (Wildman–Crippen MR) is 41.0 cm³/mol. The van der Waals surface area contributed by atoms with E-state index >= 15 is 0 Å². The highest BCUT2D eigenvalue weighted by Crippen LogP contribution is 2.12. The van der Waals surface area contributed by atoms with Gasteiger partial charge in [0.15, 0.2) is 5.57 Å². The molecule has 2 N–H and O–H groups in total. The first kappa shape index (κ1) is 7.90. The van der Waals surface area contributed by atoms with Crippen LogP contribution in [0.4, 0.5) is 0 Å². The average Bonchev–Trinajstić information content (AvgIpc) is 2.58. The van der Waals surface area contributed by atoms with Gasteiger partial charge in [-0.15, -0.1) is 0 Å². The molecule has 0 fully saturated rings. The van der Waals surface area contributed by atoms with Gasteiger partial charge in [-0.2, -0.15) is 10.5 Å². The van der Waals surface area contributed by atoms with Crippen molar-refractivity contribution in [3.63, 3.8) is 0 Å². The van der Waals surface area contributed by atoms with Gasteiger partial charge >= 0.3 is 0 Å². The van der Waals surface area contributed by atoms with E-state index in [9.17, 15) is 0 Å². The molecule has 0 aliphatic heterocycles. The van der Waals surface area contributed by atoms with E-state index in [0.717, 1.165) is 0 Å². The number of hydrogen-bond acceptors (Lipinski definition) is 4. The maximum absolute atomic E-state index is 8.45. The number of furan rings is 1. The largest absolute Gasteiger partial charge is 0.472 e. The zero-order chi connectivity index (χ0) is 8.97. The maximum atomic E-state index is 8.45. The highest BCUT2D eigenvalue weighted by molar-refractivity contribution is 5.72. The van der Waals surface area contributed by atoms with E-state index in [0.29, 0.717) is 5.56 Å². The Bertz CT molecular complexity index is 359. The highest BCUT2D eigenvalue weighted by atomic mass is 16.3. The van der Waals surface area contributed by atoms with Crippen molar-refractivity contribution >= 4 is 5.70 Å². The van der Waals surface area contributed by atoms with Crippen LogP contribution in [0.3, 0.4) is 0 Å². The van der Waals surface area contributed by atoms with Crippen molar-refractivity contribution in [2.24, 2.45) is 5.73 Å². The van der Waals surface area contributed by atoms with Crippen molar-refractivity contribution in [2.45, 2.75) is 0 Å². The normalized spacial score (nSPS) is 8.17. The third-order valence-electron chi connectivity index (χ3n) is 1.33. The second-order valence-corrected chi connectivity index (χ2v) is 2.02. The lowest BCUT2D eigenvalue weighted by Crippen LogP contribution is -1.97. The molecule has 0 saturated carbocycles. The van der Waals surface area contributed by atoms with Crippen LogP contribution in [0.15, 0.2) is 28.6 Å². The summed E-state index contributed by atoms with van der Waals surface area (Å²) >= 11 is 0. The summed E-state index contributed by atoms with van der Waals surface area (Å²) in [6.45, 7) is 0. The molecule has 0 unspecified atom stereocenters. The van der Waals surface area contributed by atoms with E-state index in [2.05, 4.69) is 0 Å². The standard InChI is InChI=1S/C8H5N3O/c9-3-7(4-10)8(11)6-1-2-12-5-6/h1-2,5H,11H2. The summed E-state index contributed by atoms with van der Waals surface area (Å²) in [7, 11) is 0. The fourth-order valence-electron chi connectivity index (χ4n) is 0.708. The molecule has 0 spiro atoms. The predicted octanol–water partition coefficient (Wildman–Crippen LogP) is 0.997. The smallest absolute Gasteiger partial charge is 0.153 e. The lowest BCUT2D eigenvalue weighted by molar-refractivity contribution is 0.566. The Labute approximate surface area is 69.1 Å². The minimum atomic E-state index is -0.101. The zero-order valence-electron chi connectivity index (χ0n) is 6.11. The van der Waals surface area contributed by atoms with E-state index in [1.54, 1.807) is 18.2 Å². The minimum absolute atomic E-state index is 0.101. The van der Waals surface area contributed by atoms with E-state index in [-0.39, 0.29) is 11.3 Å². The van der Waals surface area contributed by atoms with Crippen LogP contribution in [-0.4, -0.2) is 0 Å². The zero-order valence-corrected chi connectivity index (χ0v) is 6.11. The van der Waals surface area contributed by atoms with Crippen molar-refractivity contribution in [3.8, 4) is 12.1 Å². The summed E-state index contributed by atoms with van der Waals surface area (Å²) in [6.07, 6.45) is 2.80. The third kappa shape index (κ3) is 1.28. The van der Waals surface area contributed by atoms with Crippen molar-refractivity contribution in [1.29, 1.82) is 10.5 Å². The first-order chi connectivity index (χ1) is 5.79. The number of rotatable bonds is 1. The number of hydrogen-bond donors (Lipinski definition) is 1. The van der Waals surface area contributed by atoms with E-state index in [1.165, 1.54) is 12.5 Å². The van der Waals surface area contributed by atoms with Crippen molar-refractivity contribution in [1.82, 2.24) is 0 Å². The summed E-state index contributed by atoms with van der Waals surface area (Å²) in [5, 5.41) is 16.9. The summed E-state index contributed by atoms with van der Waals surface area (Å²) in [5.74, 6) is 0. The Balaban J connectivity index is 3.16. The Morgan fingerprint density at radius 2 is 2.08 bits per heavy atom. The molecule has 1 rings (SSSR count). The molecule has 0 aliphatic carbocycles. The van der Waals surface area contributed by atoms with Gasteiger partial charge in [0.05, 0.1) is 18.2 Å². The average molecular weight is 159 g/mol. The van der Waals surface area contributed by atoms with E-state index < -0.39 is 0 Å². The van der Waals surface area contributed by atoms with Crippen molar-refractivity contribution in [2.75, 3.05) is 0 Å². The molecule has 4 heteroatoms. The van der Waals surface area contributed by atoms with Crippen LogP contribution < -0.4 is 5.73 Å². The van der Waals surface area contributed by atoms with Gasteiger partial charge in [0.25, 0.3) is 0 Å². The van der Waals surface area contributed by atoms with Gasteiger partial charge in [0.2, 0.25) is 0 Å². The third-order valence-corrected chi connectivity index (χ3v) is 1.33. The summed E-state index contributed by atoms with van der Waals surface area (Å²) in [6, 6.07) is 4.97. The second kappa shape index (κ2) is 3.27. The number of allylic oxidation sites excluding steroid dienone is 1. The van der Waals surface area contributed by atoms with Crippen LogP contribution in [-0.2, 0) is 0 Å². The molecule has 0 atom stereocenters. The van der Waals surface area contributed by atoms with Crippen LogP contribution in [0.25, 0.3) is 5.70 Å². The fraction of sp³-hybridized carbons (Fsp3) is 0. The Morgan fingerprint density at radius 3 is 2.50 bits per heavy atom. The van der Waals surface area contributed by atoms with Crippen LogP contribution in [0, 0.1) is 22.7 Å². The van der Waals surface area contributed by atoms with E-state index in [4.69, 9.17) is 20.7 Å². The topological polar surface area (TPSA) is 86.7 Å². The molecule has 1 heterocycles. The number of nitrogens with zero attached hydrogens (tertiary/aromatic N) is 2. The van der Waals surface area contributed by atoms with Gasteiger partial charge in [0.1, 0.15) is 12.1 Å². The lowest BCUT2D eigenvalue weighted by Gasteiger charge is -1.93. The fourth-order valence-corrected chi connectivity index (χ4v) is 0.708. The maximum Gasteiger partial charge on any atom is 0.153 e. The highest BCUT2D eigenvalue weighted by Gasteiger charge is 2.04. The summed E-state index contributed by atoms with van der Waals surface area (Å²) in [5.41, 5.74) is 6.07. The van der Waals surface area contributed by atoms with Gasteiger partial charge in [-0.25, -0.2) is 0 Å². The van der Waals surface area contributed by atoms with Crippen LogP contribution in [0.5, 0.6) is 0 Å². The molecule has 4 nitrogen and oxygen atoms in total. The van der Waals surface area contributed by atoms with Gasteiger partial charge in [-0.3, -0.25) is 0 Å². The van der Waals surface area contributed by atoms with Gasteiger partial charge in [-0.05, 0) is 6.07 Å². The van der Waals surface area contributed by atoms with Crippen LogP contribution >= 0.6 is 0 Å². The van der Waals surface area contributed by atoms with Gasteiger partial charge in [-0.1, -0.05) is 0 Å². The Kier molecular flexibility index (Phi) is 2.15. The molecule has 12 heavy (non-hydrogen) atoms. The van der Waals surface area contributed by atoms with Crippen molar-refractivity contribution < 1.29 is 4.42 Å². The number of nitrogens with two attached hydrogens (primary N) is 1. The monoisotopic (exact) mass is 159 g/mol. The van der Waals surface area contributed by atoms with Crippen LogP contribution in [0.2, 0.25) is 0 Å². The van der Waals surface area contributed by atoms with E-state index in [1.807, 2.05) is 0 Å². The van der Waals surface area contributed by atoms with Crippen LogP contribution in [0.1, 0.15) is 5.56 Å². The Morgan fingerprint density at radius 1 is 1.42 bits per heavy atom. The number of nitriles is 2. The van der Waals surface area contributed by atoms with Gasteiger partial charge in [0, 0.05) is 5.56 Å². The molecular weight excluding hydrogens is 154 g/mol. The first-order valence-electron chi connectivity index (χ1n) is 3.12. The molecule has 58 valence electrons. The molecule has 0 aliphatic rings. The Hall–Kier alpha value is -2.20. The summed E-state index contributed by atoms with van der Waals surface area (Å²) in [4.78, 5) is 0.